The number of unbranched alkanes of at least 4 members (excludes halogenated alkanes) is 3. The normalized spacial score (nSPS) is 15.4. The van der Waals surface area contributed by atoms with E-state index in [4.69, 9.17) is 0 Å². The number of allylic oxidation sites excluding steroid dienone is 4. The van der Waals surface area contributed by atoms with E-state index in [2.05, 4.69) is 120 Å². The summed E-state index contributed by atoms with van der Waals surface area (Å²) >= 11 is 0. The van der Waals surface area contributed by atoms with E-state index in [0.717, 1.165) is 0 Å². The molecule has 1 atom stereocenters. The molecule has 0 radical (unpaired) electrons. The molecule has 200 valence electrons. The van der Waals surface area contributed by atoms with Crippen molar-refractivity contribution in [3.05, 3.63) is 113 Å². The average molecular weight is 521 g/mol. The number of hydrogen-bond acceptors (Lipinski definition) is 0. The van der Waals surface area contributed by atoms with Gasteiger partial charge in [0.05, 0.1) is 0 Å². The lowest BCUT2D eigenvalue weighted by atomic mass is 10.1. The molecular weight excluding hydrogens is 472 g/mol. The summed E-state index contributed by atoms with van der Waals surface area (Å²) in [5.74, 6) is 0. The van der Waals surface area contributed by atoms with Crippen LogP contribution in [0.5, 0.6) is 0 Å². The third-order valence-electron chi connectivity index (χ3n) is 8.53. The van der Waals surface area contributed by atoms with E-state index in [1.165, 1.54) is 101 Å². The maximum atomic E-state index is 2.57. The van der Waals surface area contributed by atoms with Crippen LogP contribution in [0.25, 0.3) is 0 Å². The van der Waals surface area contributed by atoms with Gasteiger partial charge in [-0.15, -0.1) is 0 Å². The molecule has 0 nitrogen and oxygen atoms in total. The van der Waals surface area contributed by atoms with Crippen LogP contribution in [0.3, 0.4) is 0 Å². The minimum atomic E-state index is -2.40. The van der Waals surface area contributed by atoms with Gasteiger partial charge in [-0.25, -0.2) is 0 Å². The minimum absolute atomic E-state index is 0.423. The third-order valence-corrected chi connectivity index (χ3v) is 13.8. The molecule has 0 spiro atoms. The van der Waals surface area contributed by atoms with Crippen LogP contribution in [0.2, 0.25) is 5.54 Å². The summed E-state index contributed by atoms with van der Waals surface area (Å²) in [7, 11) is -2.40. The molecule has 0 heterocycles. The Morgan fingerprint density at radius 1 is 0.526 bits per heavy atom. The van der Waals surface area contributed by atoms with Crippen LogP contribution in [0, 0.1) is 0 Å². The van der Waals surface area contributed by atoms with Crippen LogP contribution in [0.4, 0.5) is 0 Å². The van der Waals surface area contributed by atoms with E-state index in [-0.39, 0.29) is 0 Å². The molecule has 0 fully saturated rings. The second-order valence-corrected chi connectivity index (χ2v) is 15.5. The fourth-order valence-corrected chi connectivity index (χ4v) is 11.8. The first-order valence-corrected chi connectivity index (χ1v) is 17.3. The molecule has 0 saturated carbocycles. The Labute approximate surface area is 233 Å². The van der Waals surface area contributed by atoms with Crippen LogP contribution in [0.15, 0.2) is 96.1 Å². The zero-order valence-electron chi connectivity index (χ0n) is 24.5. The molecular formula is C37H48Si. The predicted octanol–water partition coefficient (Wildman–Crippen LogP) is 8.46. The van der Waals surface area contributed by atoms with E-state index >= 15 is 0 Å². The minimum Gasteiger partial charge on any atom is -0.0761 e. The Kier molecular flexibility index (Phi) is 10.0. The van der Waals surface area contributed by atoms with Gasteiger partial charge in [0.2, 0.25) is 0 Å². The summed E-state index contributed by atoms with van der Waals surface area (Å²) in [6.45, 7) is 11.5. The monoisotopic (exact) mass is 520 g/mol. The number of benzene rings is 3. The molecule has 0 aromatic heterocycles. The molecule has 38 heavy (non-hydrogen) atoms. The lowest BCUT2D eigenvalue weighted by Crippen LogP contribution is -2.69. The molecule has 0 aliphatic heterocycles. The van der Waals surface area contributed by atoms with E-state index in [1.807, 2.05) is 0 Å². The first-order valence-electron chi connectivity index (χ1n) is 15.2. The molecule has 4 rings (SSSR count). The van der Waals surface area contributed by atoms with Gasteiger partial charge in [0, 0.05) is 5.54 Å². The summed E-state index contributed by atoms with van der Waals surface area (Å²) in [4.78, 5) is 0. The first-order chi connectivity index (χ1) is 18.5. The summed E-state index contributed by atoms with van der Waals surface area (Å²) in [5.41, 5.74) is 7.74. The zero-order valence-corrected chi connectivity index (χ0v) is 25.5. The van der Waals surface area contributed by atoms with Gasteiger partial charge >= 0.3 is 0 Å². The van der Waals surface area contributed by atoms with Gasteiger partial charge in [-0.1, -0.05) is 136 Å². The van der Waals surface area contributed by atoms with Crippen molar-refractivity contribution in [3.8, 4) is 0 Å². The molecule has 1 unspecified atom stereocenters. The van der Waals surface area contributed by atoms with Gasteiger partial charge in [0.1, 0.15) is 0 Å². The quantitative estimate of drug-likeness (QED) is 0.157. The Morgan fingerprint density at radius 2 is 0.868 bits per heavy atom. The smallest absolute Gasteiger partial charge is 0.0761 e. The van der Waals surface area contributed by atoms with Crippen molar-refractivity contribution in [1.82, 2.24) is 0 Å². The summed E-state index contributed by atoms with van der Waals surface area (Å²) in [6.07, 6.45) is 16.0. The van der Waals surface area contributed by atoms with Crippen LogP contribution >= 0.6 is 0 Å². The molecule has 3 aromatic rings. The van der Waals surface area contributed by atoms with Crippen molar-refractivity contribution >= 4 is 23.6 Å². The van der Waals surface area contributed by atoms with E-state index < -0.39 is 8.07 Å². The standard InChI is InChI=1S/C37H48Si/c1-6-9-12-31-15-21-34(22-16-31)38(37-28-29(4)27-30(37)5,35-23-17-32(18-24-35)13-10-7-2)36-25-19-33(20-26-36)14-11-8-3/h15-28,37H,6-14H2,1-5H3. The highest BCUT2D eigenvalue weighted by molar-refractivity contribution is 7.13. The SMILES string of the molecule is CCCCc1ccc([Si](c2ccc(CCCC)cc2)(c2ccc(CCCC)cc2)C2C=C(C)C=C2C)cc1. The fraction of sp³-hybridized carbons (Fsp3) is 0.405. The van der Waals surface area contributed by atoms with E-state index in [1.54, 1.807) is 0 Å². The summed E-state index contributed by atoms with van der Waals surface area (Å²) in [6, 6.07) is 29.4. The Morgan fingerprint density at radius 3 is 1.13 bits per heavy atom. The highest BCUT2D eigenvalue weighted by atomic mass is 28.3. The van der Waals surface area contributed by atoms with E-state index in [0.29, 0.717) is 5.54 Å². The van der Waals surface area contributed by atoms with Crippen molar-refractivity contribution in [2.75, 3.05) is 0 Å². The highest BCUT2D eigenvalue weighted by Crippen LogP contribution is 2.37. The number of hydrogen-bond donors (Lipinski definition) is 0. The highest BCUT2D eigenvalue weighted by Gasteiger charge is 2.47. The van der Waals surface area contributed by atoms with Crippen LogP contribution < -0.4 is 15.6 Å². The maximum Gasteiger partial charge on any atom is 0.158 e. The summed E-state index contributed by atoms with van der Waals surface area (Å²) < 4.78 is 0. The van der Waals surface area contributed by atoms with Crippen molar-refractivity contribution < 1.29 is 0 Å². The topological polar surface area (TPSA) is 0 Å². The van der Waals surface area contributed by atoms with Gasteiger partial charge in [-0.2, -0.15) is 0 Å². The van der Waals surface area contributed by atoms with Crippen LogP contribution in [-0.4, -0.2) is 8.07 Å². The lowest BCUT2D eigenvalue weighted by Gasteiger charge is -2.39. The summed E-state index contributed by atoms with van der Waals surface area (Å²) in [5, 5.41) is 4.59. The van der Waals surface area contributed by atoms with Gasteiger partial charge in [0.25, 0.3) is 0 Å². The predicted molar refractivity (Wildman–Crippen MR) is 171 cm³/mol. The fourth-order valence-electron chi connectivity index (χ4n) is 6.34. The largest absolute Gasteiger partial charge is 0.158 e. The first kappa shape index (κ1) is 28.4. The molecule has 3 aromatic carbocycles. The van der Waals surface area contributed by atoms with E-state index in [9.17, 15) is 0 Å². The van der Waals surface area contributed by atoms with Crippen molar-refractivity contribution in [3.63, 3.8) is 0 Å². The average Bonchev–Trinajstić information content (AvgIpc) is 3.29. The van der Waals surface area contributed by atoms with Crippen molar-refractivity contribution in [1.29, 1.82) is 0 Å². The number of rotatable bonds is 13. The van der Waals surface area contributed by atoms with Gasteiger partial charge in [0.15, 0.2) is 8.07 Å². The van der Waals surface area contributed by atoms with Crippen LogP contribution in [-0.2, 0) is 19.3 Å². The number of aryl methyl sites for hydroxylation is 3. The van der Waals surface area contributed by atoms with Gasteiger partial charge in [-0.05, 0) is 84.6 Å². The second-order valence-electron chi connectivity index (χ2n) is 11.5. The van der Waals surface area contributed by atoms with Gasteiger partial charge in [-0.3, -0.25) is 0 Å². The van der Waals surface area contributed by atoms with Crippen molar-refractivity contribution in [2.24, 2.45) is 0 Å². The maximum absolute atomic E-state index is 2.57. The molecule has 0 N–H and O–H groups in total. The Hall–Kier alpha value is -2.64. The zero-order chi connectivity index (χ0) is 27.0. The lowest BCUT2D eigenvalue weighted by molar-refractivity contribution is 0.795. The molecule has 1 heteroatoms. The Bertz CT molecular complexity index is 1080. The molecule has 1 aliphatic carbocycles. The molecule has 0 saturated heterocycles. The molecule has 0 amide bonds. The molecule has 0 bridgehead atoms. The third kappa shape index (κ3) is 6.15. The molecule has 1 aliphatic rings. The second kappa shape index (κ2) is 13.4. The Balaban J connectivity index is 1.91. The van der Waals surface area contributed by atoms with Crippen LogP contribution in [0.1, 0.15) is 89.8 Å². The van der Waals surface area contributed by atoms with Crippen molar-refractivity contribution in [2.45, 2.75) is 97.9 Å². The van der Waals surface area contributed by atoms with Gasteiger partial charge < -0.3 is 0 Å².